The van der Waals surface area contributed by atoms with Crippen LogP contribution in [-0.4, -0.2) is 36.4 Å². The number of H-pyrrole nitrogens is 2. The number of nitrogens with zero attached hydrogens (tertiary/aromatic N) is 3. The van der Waals surface area contributed by atoms with E-state index in [4.69, 9.17) is 11.6 Å². The first-order valence-corrected chi connectivity index (χ1v) is 11.7. The van der Waals surface area contributed by atoms with Crippen LogP contribution in [0.5, 0.6) is 0 Å². The highest BCUT2D eigenvalue weighted by molar-refractivity contribution is 7.99. The number of benzene rings is 2. The van der Waals surface area contributed by atoms with Crippen LogP contribution < -0.4 is 16.6 Å². The van der Waals surface area contributed by atoms with Gasteiger partial charge < -0.3 is 10.3 Å². The Morgan fingerprint density at radius 3 is 2.59 bits per heavy atom. The van der Waals surface area contributed by atoms with Crippen molar-refractivity contribution >= 4 is 35.0 Å². The smallest absolute Gasteiger partial charge is 0.325 e. The van der Waals surface area contributed by atoms with Gasteiger partial charge in [0.15, 0.2) is 5.16 Å². The third-order valence-corrected chi connectivity index (χ3v) is 6.34. The molecular weight excluding hydrogens is 476 g/mol. The Hall–Kier alpha value is -3.63. The number of anilines is 1. The zero-order chi connectivity index (χ0) is 24.2. The molecule has 34 heavy (non-hydrogen) atoms. The van der Waals surface area contributed by atoms with E-state index in [9.17, 15) is 14.4 Å². The molecule has 0 unspecified atom stereocenters. The van der Waals surface area contributed by atoms with Gasteiger partial charge in [0.2, 0.25) is 5.91 Å². The van der Waals surface area contributed by atoms with E-state index in [1.807, 2.05) is 32.0 Å². The summed E-state index contributed by atoms with van der Waals surface area (Å²) in [5.41, 5.74) is 2.89. The second-order valence-corrected chi connectivity index (χ2v) is 8.96. The minimum Gasteiger partial charge on any atom is -0.325 e. The first kappa shape index (κ1) is 23.5. The summed E-state index contributed by atoms with van der Waals surface area (Å²) in [4.78, 5) is 40.7. The monoisotopic (exact) mass is 496 g/mol. The van der Waals surface area contributed by atoms with Crippen molar-refractivity contribution < 1.29 is 4.79 Å². The summed E-state index contributed by atoms with van der Waals surface area (Å²) in [6.07, 6.45) is 0.157. The summed E-state index contributed by atoms with van der Waals surface area (Å²) in [5.74, 6) is 0.423. The molecule has 0 atom stereocenters. The largest absolute Gasteiger partial charge is 0.325 e. The number of halogens is 1. The highest BCUT2D eigenvalue weighted by atomic mass is 35.5. The van der Waals surface area contributed by atoms with Crippen molar-refractivity contribution in [3.63, 3.8) is 0 Å². The zero-order valence-electron chi connectivity index (χ0n) is 18.4. The minimum absolute atomic E-state index is 0.112. The number of rotatable bonds is 7. The molecule has 0 radical (unpaired) electrons. The summed E-state index contributed by atoms with van der Waals surface area (Å²) in [5, 5.41) is 12.5. The van der Waals surface area contributed by atoms with Crippen molar-refractivity contribution in [2.24, 2.45) is 0 Å². The van der Waals surface area contributed by atoms with E-state index in [2.05, 4.69) is 25.5 Å². The van der Waals surface area contributed by atoms with E-state index in [1.54, 1.807) is 28.8 Å². The van der Waals surface area contributed by atoms with Gasteiger partial charge in [0.05, 0.1) is 5.75 Å². The van der Waals surface area contributed by atoms with Gasteiger partial charge in [-0.2, -0.15) is 0 Å². The number of hydrogen-bond acceptors (Lipinski definition) is 6. The van der Waals surface area contributed by atoms with Gasteiger partial charge in [-0.25, -0.2) is 4.79 Å². The van der Waals surface area contributed by atoms with E-state index in [0.717, 1.165) is 22.5 Å². The fourth-order valence-electron chi connectivity index (χ4n) is 3.35. The predicted molar refractivity (Wildman–Crippen MR) is 132 cm³/mol. The van der Waals surface area contributed by atoms with Crippen LogP contribution in [0.3, 0.4) is 0 Å². The molecule has 0 aliphatic carbocycles. The summed E-state index contributed by atoms with van der Waals surface area (Å²) in [7, 11) is 0. The Bertz CT molecular complexity index is 1430. The molecule has 0 fully saturated rings. The van der Waals surface area contributed by atoms with Gasteiger partial charge in [0.1, 0.15) is 5.82 Å². The second-order valence-electron chi connectivity index (χ2n) is 7.58. The molecule has 0 aliphatic heterocycles. The molecule has 4 aromatic rings. The van der Waals surface area contributed by atoms with Crippen LogP contribution in [0.4, 0.5) is 5.69 Å². The lowest BCUT2D eigenvalue weighted by Gasteiger charge is -2.12. The van der Waals surface area contributed by atoms with E-state index >= 15 is 0 Å². The number of aromatic nitrogens is 5. The zero-order valence-corrected chi connectivity index (χ0v) is 20.0. The van der Waals surface area contributed by atoms with Crippen LogP contribution >= 0.6 is 23.4 Å². The van der Waals surface area contributed by atoms with Gasteiger partial charge >= 0.3 is 5.69 Å². The van der Waals surface area contributed by atoms with Crippen LogP contribution in [0.25, 0.3) is 5.69 Å². The highest BCUT2D eigenvalue weighted by Gasteiger charge is 2.17. The van der Waals surface area contributed by atoms with Crippen LogP contribution in [0.1, 0.15) is 22.6 Å². The van der Waals surface area contributed by atoms with Crippen LogP contribution in [-0.2, 0) is 11.2 Å². The van der Waals surface area contributed by atoms with Gasteiger partial charge in [0.25, 0.3) is 5.56 Å². The maximum atomic E-state index is 12.6. The molecule has 4 rings (SSSR count). The molecule has 2 aromatic heterocycles. The first-order chi connectivity index (χ1) is 16.3. The number of amides is 1. The lowest BCUT2D eigenvalue weighted by Crippen LogP contribution is -2.23. The average Bonchev–Trinajstić information content (AvgIpc) is 3.17. The van der Waals surface area contributed by atoms with Crippen molar-refractivity contribution in [2.45, 2.75) is 25.4 Å². The Morgan fingerprint density at radius 2 is 1.85 bits per heavy atom. The van der Waals surface area contributed by atoms with E-state index in [0.29, 0.717) is 21.7 Å². The number of hydrogen-bond donors (Lipinski definition) is 3. The SMILES string of the molecule is Cc1cccc(NC(=O)CSc2nnc(Cc3cc(=O)[nH]c(=O)[nH]3)n2-c2ccc(Cl)cc2)c1C. The van der Waals surface area contributed by atoms with Crippen LogP contribution in [0, 0.1) is 13.8 Å². The molecule has 3 N–H and O–H groups in total. The van der Waals surface area contributed by atoms with Crippen molar-refractivity contribution in [1.29, 1.82) is 0 Å². The molecule has 0 saturated carbocycles. The van der Waals surface area contributed by atoms with Crippen molar-refractivity contribution in [3.05, 3.63) is 97.0 Å². The highest BCUT2D eigenvalue weighted by Crippen LogP contribution is 2.25. The van der Waals surface area contributed by atoms with Gasteiger partial charge in [0, 0.05) is 34.6 Å². The normalized spacial score (nSPS) is 10.9. The second kappa shape index (κ2) is 10.1. The number of carbonyl (C=O) groups is 1. The van der Waals surface area contributed by atoms with Gasteiger partial charge in [-0.3, -0.25) is 19.1 Å². The number of thioether (sulfide) groups is 1. The molecule has 1 amide bonds. The molecular formula is C23H21ClN6O3S. The molecule has 174 valence electrons. The topological polar surface area (TPSA) is 126 Å². The quantitative estimate of drug-likeness (QED) is 0.337. The lowest BCUT2D eigenvalue weighted by atomic mass is 10.1. The Balaban J connectivity index is 1.59. The average molecular weight is 497 g/mol. The van der Waals surface area contributed by atoms with Crippen molar-refractivity contribution in [2.75, 3.05) is 11.1 Å². The van der Waals surface area contributed by atoms with Gasteiger partial charge in [-0.15, -0.1) is 10.2 Å². The lowest BCUT2D eigenvalue weighted by molar-refractivity contribution is -0.113. The van der Waals surface area contributed by atoms with Crippen LogP contribution in [0.2, 0.25) is 5.02 Å². The minimum atomic E-state index is -0.599. The maximum absolute atomic E-state index is 12.6. The molecule has 0 bridgehead atoms. The van der Waals surface area contributed by atoms with Crippen molar-refractivity contribution in [3.8, 4) is 5.69 Å². The summed E-state index contributed by atoms with van der Waals surface area (Å²) < 4.78 is 1.77. The molecule has 0 spiro atoms. The Labute approximate surface area is 203 Å². The van der Waals surface area contributed by atoms with Gasteiger partial charge in [-0.05, 0) is 55.3 Å². The summed E-state index contributed by atoms with van der Waals surface area (Å²) in [6.45, 7) is 3.95. The van der Waals surface area contributed by atoms with Crippen LogP contribution in [0.15, 0.2) is 63.3 Å². The number of carbonyl (C=O) groups excluding carboxylic acids is 1. The fourth-order valence-corrected chi connectivity index (χ4v) is 4.24. The first-order valence-electron chi connectivity index (χ1n) is 10.3. The predicted octanol–water partition coefficient (Wildman–Crippen LogP) is 3.24. The number of nitrogens with one attached hydrogen (secondary N) is 3. The standard InChI is InChI=1S/C23H21ClN6O3S/c1-13-4-3-5-18(14(13)2)26-21(32)12-34-23-29-28-19(10-16-11-20(31)27-22(33)25-16)30(23)17-8-6-15(24)7-9-17/h3-9,11H,10,12H2,1-2H3,(H,26,32)(H2,25,27,31,33). The van der Waals surface area contributed by atoms with E-state index in [-0.39, 0.29) is 18.1 Å². The number of aryl methyl sites for hydroxylation is 1. The molecule has 9 nitrogen and oxygen atoms in total. The summed E-state index contributed by atoms with van der Waals surface area (Å²) >= 11 is 7.27. The fraction of sp³-hybridized carbons (Fsp3) is 0.174. The van der Waals surface area contributed by atoms with E-state index in [1.165, 1.54) is 17.8 Å². The third-order valence-electron chi connectivity index (χ3n) is 5.16. The molecule has 0 saturated heterocycles. The Morgan fingerprint density at radius 1 is 1.09 bits per heavy atom. The molecule has 2 heterocycles. The van der Waals surface area contributed by atoms with E-state index < -0.39 is 11.2 Å². The van der Waals surface area contributed by atoms with Crippen molar-refractivity contribution in [1.82, 2.24) is 24.7 Å². The number of aromatic amines is 2. The maximum Gasteiger partial charge on any atom is 0.325 e. The third kappa shape index (κ3) is 5.46. The molecule has 2 aromatic carbocycles. The van der Waals surface area contributed by atoms with Gasteiger partial charge in [-0.1, -0.05) is 35.5 Å². The molecule has 0 aliphatic rings. The summed E-state index contributed by atoms with van der Waals surface area (Å²) in [6, 6.07) is 14.1. The Kier molecular flexibility index (Phi) is 6.99. The molecule has 11 heteroatoms.